The number of nitrogens with zero attached hydrogens (tertiary/aromatic N) is 1. The molecule has 1 saturated carbocycles. The fourth-order valence-corrected chi connectivity index (χ4v) is 4.27. The number of carbonyl (C=O) groups excluding carboxylic acids is 2. The third-order valence-electron chi connectivity index (χ3n) is 4.92. The molecular formula is C19H20N2O2S. The van der Waals surface area contributed by atoms with E-state index in [1.54, 1.807) is 0 Å². The number of aryl methyl sites for hydroxylation is 1. The molecule has 1 aliphatic heterocycles. The van der Waals surface area contributed by atoms with Crippen LogP contribution >= 0.6 is 11.3 Å². The van der Waals surface area contributed by atoms with Gasteiger partial charge in [-0.3, -0.25) is 9.59 Å². The summed E-state index contributed by atoms with van der Waals surface area (Å²) in [5.74, 6) is 0.170. The number of rotatable bonds is 3. The normalized spacial score (nSPS) is 16.2. The lowest BCUT2D eigenvalue weighted by atomic mass is 10.1. The smallest absolute Gasteiger partial charge is 0.261 e. The molecule has 2 heterocycles. The van der Waals surface area contributed by atoms with Crippen molar-refractivity contribution in [1.29, 1.82) is 0 Å². The van der Waals surface area contributed by atoms with Gasteiger partial charge in [0.2, 0.25) is 5.91 Å². The van der Waals surface area contributed by atoms with Gasteiger partial charge in [0, 0.05) is 23.0 Å². The molecule has 1 aromatic carbocycles. The summed E-state index contributed by atoms with van der Waals surface area (Å²) in [7, 11) is 0. The molecule has 124 valence electrons. The number of fused-ring (bicyclic) bond motifs is 1. The van der Waals surface area contributed by atoms with Gasteiger partial charge in [0.25, 0.3) is 5.91 Å². The molecule has 1 fully saturated rings. The van der Waals surface area contributed by atoms with Crippen LogP contribution in [0, 0.1) is 19.8 Å². The number of carbonyl (C=O) groups is 2. The minimum atomic E-state index is -0.00658. The maximum absolute atomic E-state index is 13.2. The summed E-state index contributed by atoms with van der Waals surface area (Å²) in [5, 5.41) is 3.70. The minimum absolute atomic E-state index is 0.00658. The average molecular weight is 340 g/mol. The topological polar surface area (TPSA) is 49.4 Å². The third-order valence-corrected chi connectivity index (χ3v) is 6.04. The second-order valence-corrected chi connectivity index (χ2v) is 7.81. The van der Waals surface area contributed by atoms with Crippen LogP contribution in [0.2, 0.25) is 0 Å². The number of benzene rings is 1. The molecule has 24 heavy (non-hydrogen) atoms. The summed E-state index contributed by atoms with van der Waals surface area (Å²) in [5.41, 5.74) is 3.83. The van der Waals surface area contributed by atoms with Crippen molar-refractivity contribution in [2.45, 2.75) is 33.1 Å². The Kier molecular flexibility index (Phi) is 3.68. The largest absolute Gasteiger partial charge is 0.317 e. The second kappa shape index (κ2) is 5.74. The molecule has 1 aliphatic carbocycles. The predicted molar refractivity (Wildman–Crippen MR) is 97.0 cm³/mol. The number of hydrogen-bond acceptors (Lipinski definition) is 3. The van der Waals surface area contributed by atoms with E-state index >= 15 is 0 Å². The molecule has 0 bridgehead atoms. The fraction of sp³-hybridized carbons (Fsp3) is 0.368. The van der Waals surface area contributed by atoms with Gasteiger partial charge in [-0.15, -0.1) is 11.3 Å². The third kappa shape index (κ3) is 2.53. The highest BCUT2D eigenvalue weighted by molar-refractivity contribution is 7.16. The molecule has 4 nitrogen and oxygen atoms in total. The Bertz CT molecular complexity index is 836. The van der Waals surface area contributed by atoms with Gasteiger partial charge < -0.3 is 10.2 Å². The SMILES string of the molecule is Cc1sc(NC(=O)C2CC2)c(C(=O)N2CCc3ccccc32)c1C. The number of amides is 2. The van der Waals surface area contributed by atoms with Crippen molar-refractivity contribution in [3.8, 4) is 0 Å². The number of hydrogen-bond donors (Lipinski definition) is 1. The Morgan fingerprint density at radius 2 is 1.96 bits per heavy atom. The van der Waals surface area contributed by atoms with Gasteiger partial charge >= 0.3 is 0 Å². The van der Waals surface area contributed by atoms with E-state index < -0.39 is 0 Å². The van der Waals surface area contributed by atoms with Crippen molar-refractivity contribution in [2.24, 2.45) is 5.92 Å². The van der Waals surface area contributed by atoms with E-state index in [1.807, 2.05) is 36.9 Å². The summed E-state index contributed by atoms with van der Waals surface area (Å²) in [4.78, 5) is 28.3. The lowest BCUT2D eigenvalue weighted by Gasteiger charge is -2.18. The van der Waals surface area contributed by atoms with E-state index in [-0.39, 0.29) is 17.7 Å². The Morgan fingerprint density at radius 1 is 1.21 bits per heavy atom. The fourth-order valence-electron chi connectivity index (χ4n) is 3.22. The van der Waals surface area contributed by atoms with Crippen molar-refractivity contribution < 1.29 is 9.59 Å². The van der Waals surface area contributed by atoms with E-state index in [2.05, 4.69) is 11.4 Å². The first kappa shape index (κ1) is 15.4. The van der Waals surface area contributed by atoms with Crippen molar-refractivity contribution in [3.05, 3.63) is 45.8 Å². The lowest BCUT2D eigenvalue weighted by molar-refractivity contribution is -0.117. The molecule has 4 rings (SSSR count). The van der Waals surface area contributed by atoms with Crippen LogP contribution in [0.1, 0.15) is 39.2 Å². The second-order valence-electron chi connectivity index (χ2n) is 6.59. The molecule has 0 unspecified atom stereocenters. The van der Waals surface area contributed by atoms with Gasteiger partial charge in [-0.1, -0.05) is 18.2 Å². The Morgan fingerprint density at radius 3 is 2.71 bits per heavy atom. The molecule has 0 saturated heterocycles. The van der Waals surface area contributed by atoms with Gasteiger partial charge in [-0.2, -0.15) is 0 Å². The van der Waals surface area contributed by atoms with E-state index in [0.717, 1.165) is 35.4 Å². The van der Waals surface area contributed by atoms with Gasteiger partial charge in [0.15, 0.2) is 0 Å². The van der Waals surface area contributed by atoms with Gasteiger partial charge in [0.1, 0.15) is 5.00 Å². The zero-order valence-corrected chi connectivity index (χ0v) is 14.7. The Hall–Kier alpha value is -2.14. The van der Waals surface area contributed by atoms with E-state index in [1.165, 1.54) is 16.9 Å². The van der Waals surface area contributed by atoms with Crippen LogP contribution in [0.3, 0.4) is 0 Å². The van der Waals surface area contributed by atoms with Gasteiger partial charge in [-0.25, -0.2) is 0 Å². The van der Waals surface area contributed by atoms with E-state index in [0.29, 0.717) is 17.1 Å². The zero-order chi connectivity index (χ0) is 16.8. The number of nitrogens with one attached hydrogen (secondary N) is 1. The van der Waals surface area contributed by atoms with Crippen LogP contribution in [-0.2, 0) is 11.2 Å². The predicted octanol–water partition coefficient (Wildman–Crippen LogP) is 3.92. The van der Waals surface area contributed by atoms with E-state index in [9.17, 15) is 9.59 Å². The average Bonchev–Trinajstić information content (AvgIpc) is 3.27. The van der Waals surface area contributed by atoms with Crippen molar-refractivity contribution in [1.82, 2.24) is 0 Å². The summed E-state index contributed by atoms with van der Waals surface area (Å²) in [6, 6.07) is 8.04. The standard InChI is InChI=1S/C19H20N2O2S/c1-11-12(2)24-18(20-17(22)14-7-8-14)16(11)19(23)21-10-9-13-5-3-4-6-15(13)21/h3-6,14H,7-10H2,1-2H3,(H,20,22). The Labute approximate surface area is 145 Å². The first-order chi connectivity index (χ1) is 11.6. The zero-order valence-electron chi connectivity index (χ0n) is 13.9. The number of thiophene rings is 1. The Balaban J connectivity index is 1.68. The molecule has 1 aromatic heterocycles. The highest BCUT2D eigenvalue weighted by Gasteiger charge is 2.33. The van der Waals surface area contributed by atoms with Crippen LogP contribution < -0.4 is 10.2 Å². The first-order valence-corrected chi connectivity index (χ1v) is 9.18. The van der Waals surface area contributed by atoms with Gasteiger partial charge in [0.05, 0.1) is 5.56 Å². The molecule has 0 spiro atoms. The monoisotopic (exact) mass is 340 g/mol. The first-order valence-electron chi connectivity index (χ1n) is 8.37. The summed E-state index contributed by atoms with van der Waals surface area (Å²) in [6.07, 6.45) is 2.80. The highest BCUT2D eigenvalue weighted by atomic mass is 32.1. The van der Waals surface area contributed by atoms with Crippen LogP contribution in [0.15, 0.2) is 24.3 Å². The molecular weight excluding hydrogens is 320 g/mol. The maximum atomic E-state index is 13.2. The van der Waals surface area contributed by atoms with Crippen molar-refractivity contribution >= 4 is 33.8 Å². The van der Waals surface area contributed by atoms with Crippen LogP contribution in [-0.4, -0.2) is 18.4 Å². The van der Waals surface area contributed by atoms with Crippen molar-refractivity contribution in [2.75, 3.05) is 16.8 Å². The molecule has 2 amide bonds. The molecule has 2 aromatic rings. The van der Waals surface area contributed by atoms with Crippen LogP contribution in [0.5, 0.6) is 0 Å². The maximum Gasteiger partial charge on any atom is 0.261 e. The number of para-hydroxylation sites is 1. The number of anilines is 2. The summed E-state index contributed by atoms with van der Waals surface area (Å²) >= 11 is 1.50. The minimum Gasteiger partial charge on any atom is -0.317 e. The summed E-state index contributed by atoms with van der Waals surface area (Å²) < 4.78 is 0. The van der Waals surface area contributed by atoms with E-state index in [4.69, 9.17) is 0 Å². The molecule has 5 heteroatoms. The van der Waals surface area contributed by atoms with Gasteiger partial charge in [-0.05, 0) is 50.3 Å². The molecule has 2 aliphatic rings. The quantitative estimate of drug-likeness (QED) is 0.921. The molecule has 1 N–H and O–H groups in total. The highest BCUT2D eigenvalue weighted by Crippen LogP contribution is 2.38. The molecule has 0 radical (unpaired) electrons. The summed E-state index contributed by atoms with van der Waals surface area (Å²) in [6.45, 7) is 4.66. The van der Waals surface area contributed by atoms with Crippen LogP contribution in [0.25, 0.3) is 0 Å². The lowest BCUT2D eigenvalue weighted by Crippen LogP contribution is -2.30. The van der Waals surface area contributed by atoms with Crippen molar-refractivity contribution in [3.63, 3.8) is 0 Å². The molecule has 0 atom stereocenters. The van der Waals surface area contributed by atoms with Crippen LogP contribution in [0.4, 0.5) is 10.7 Å².